The van der Waals surface area contributed by atoms with E-state index in [1.54, 1.807) is 7.11 Å². The second-order valence-electron chi connectivity index (χ2n) is 6.14. The number of ether oxygens (including phenoxy) is 2. The fourth-order valence-corrected chi connectivity index (χ4v) is 2.20. The molecule has 1 N–H and O–H groups in total. The van der Waals surface area contributed by atoms with Gasteiger partial charge in [0.05, 0.1) is 6.10 Å². The van der Waals surface area contributed by atoms with Crippen molar-refractivity contribution in [1.29, 1.82) is 0 Å². The molecule has 0 fully saturated rings. The second-order valence-corrected chi connectivity index (χ2v) is 6.14. The van der Waals surface area contributed by atoms with E-state index >= 15 is 0 Å². The maximum Gasteiger partial charge on any atom is 0.256 e. The maximum atomic E-state index is 12.5. The van der Waals surface area contributed by atoms with E-state index in [2.05, 4.69) is 12.2 Å². The average molecular weight is 307 g/mol. The van der Waals surface area contributed by atoms with Crippen LogP contribution in [0.2, 0.25) is 0 Å². The summed E-state index contributed by atoms with van der Waals surface area (Å²) >= 11 is 0. The number of carbonyl (C=O) groups is 1. The first-order valence-corrected chi connectivity index (χ1v) is 7.96. The standard InChI is InChI=1S/C18H29NO3/c1-7-8-11-18(5,21-6)17(20)19-15-9-10-16(14(4)12-15)22-13(2)3/h9-10,12-13H,7-8,11H2,1-6H3,(H,19,20)/t18-/m1/s1. The van der Waals surface area contributed by atoms with Gasteiger partial charge >= 0.3 is 0 Å². The van der Waals surface area contributed by atoms with Gasteiger partial charge in [0.1, 0.15) is 11.4 Å². The number of unbranched alkanes of at least 4 members (excludes halogenated alkanes) is 1. The summed E-state index contributed by atoms with van der Waals surface area (Å²) in [6.07, 6.45) is 2.83. The molecule has 1 atom stereocenters. The van der Waals surface area contributed by atoms with Crippen molar-refractivity contribution in [2.45, 2.75) is 65.6 Å². The SMILES string of the molecule is CCCC[C@@](C)(OC)C(=O)Nc1ccc(OC(C)C)c(C)c1. The number of nitrogens with one attached hydrogen (secondary N) is 1. The molecule has 0 radical (unpaired) electrons. The Bertz CT molecular complexity index is 499. The van der Waals surface area contributed by atoms with E-state index in [9.17, 15) is 4.79 Å². The Hall–Kier alpha value is -1.55. The Morgan fingerprint density at radius 1 is 1.36 bits per heavy atom. The highest BCUT2D eigenvalue weighted by atomic mass is 16.5. The van der Waals surface area contributed by atoms with Gasteiger partial charge in [-0.25, -0.2) is 0 Å². The number of carbonyl (C=O) groups excluding carboxylic acids is 1. The molecular weight excluding hydrogens is 278 g/mol. The zero-order chi connectivity index (χ0) is 16.8. The zero-order valence-corrected chi connectivity index (χ0v) is 14.7. The molecule has 0 aliphatic heterocycles. The fraction of sp³-hybridized carbons (Fsp3) is 0.611. The Morgan fingerprint density at radius 2 is 2.05 bits per heavy atom. The third-order valence-electron chi connectivity index (χ3n) is 3.73. The summed E-state index contributed by atoms with van der Waals surface area (Å²) in [6.45, 7) is 9.89. The molecule has 4 nitrogen and oxygen atoms in total. The third kappa shape index (κ3) is 5.02. The number of hydrogen-bond donors (Lipinski definition) is 1. The predicted molar refractivity (Wildman–Crippen MR) is 90.5 cm³/mol. The van der Waals surface area contributed by atoms with E-state index in [-0.39, 0.29) is 12.0 Å². The summed E-state index contributed by atoms with van der Waals surface area (Å²) in [5, 5.41) is 2.94. The van der Waals surface area contributed by atoms with Crippen LogP contribution in [0, 0.1) is 6.92 Å². The van der Waals surface area contributed by atoms with Crippen molar-refractivity contribution in [3.8, 4) is 5.75 Å². The molecule has 0 aliphatic carbocycles. The molecule has 0 bridgehead atoms. The van der Waals surface area contributed by atoms with Crippen LogP contribution in [0.15, 0.2) is 18.2 Å². The first-order chi connectivity index (χ1) is 10.3. The van der Waals surface area contributed by atoms with E-state index in [0.29, 0.717) is 6.42 Å². The van der Waals surface area contributed by atoms with Gasteiger partial charge in [-0.15, -0.1) is 0 Å². The van der Waals surface area contributed by atoms with E-state index < -0.39 is 5.60 Å². The van der Waals surface area contributed by atoms with Crippen molar-refractivity contribution in [2.24, 2.45) is 0 Å². The van der Waals surface area contributed by atoms with Crippen LogP contribution in [0.25, 0.3) is 0 Å². The molecule has 22 heavy (non-hydrogen) atoms. The number of aryl methyl sites for hydroxylation is 1. The lowest BCUT2D eigenvalue weighted by atomic mass is 9.97. The maximum absolute atomic E-state index is 12.5. The quantitative estimate of drug-likeness (QED) is 0.778. The zero-order valence-electron chi connectivity index (χ0n) is 14.7. The molecule has 1 aromatic rings. The number of anilines is 1. The summed E-state index contributed by atoms with van der Waals surface area (Å²) in [7, 11) is 1.58. The summed E-state index contributed by atoms with van der Waals surface area (Å²) < 4.78 is 11.2. The number of methoxy groups -OCH3 is 1. The van der Waals surface area contributed by atoms with Crippen LogP contribution in [0.1, 0.15) is 52.5 Å². The molecular formula is C18H29NO3. The van der Waals surface area contributed by atoms with E-state index in [0.717, 1.165) is 29.8 Å². The molecule has 0 saturated heterocycles. The normalized spacial score (nSPS) is 13.8. The highest BCUT2D eigenvalue weighted by molar-refractivity contribution is 5.97. The van der Waals surface area contributed by atoms with E-state index in [4.69, 9.17) is 9.47 Å². The third-order valence-corrected chi connectivity index (χ3v) is 3.73. The molecule has 4 heteroatoms. The van der Waals surface area contributed by atoms with Crippen LogP contribution in [-0.2, 0) is 9.53 Å². The van der Waals surface area contributed by atoms with Gasteiger partial charge in [0, 0.05) is 12.8 Å². The van der Waals surface area contributed by atoms with Crippen molar-refractivity contribution in [2.75, 3.05) is 12.4 Å². The minimum Gasteiger partial charge on any atom is -0.491 e. The monoisotopic (exact) mass is 307 g/mol. The molecule has 0 unspecified atom stereocenters. The van der Waals surface area contributed by atoms with Crippen molar-refractivity contribution < 1.29 is 14.3 Å². The van der Waals surface area contributed by atoms with Gasteiger partial charge in [-0.3, -0.25) is 4.79 Å². The van der Waals surface area contributed by atoms with Crippen LogP contribution in [0.5, 0.6) is 5.75 Å². The molecule has 0 spiro atoms. The number of amides is 1. The lowest BCUT2D eigenvalue weighted by molar-refractivity contribution is -0.136. The molecule has 124 valence electrons. The highest BCUT2D eigenvalue weighted by Crippen LogP contribution is 2.25. The molecule has 0 heterocycles. The van der Waals surface area contributed by atoms with Gasteiger partial charge in [0.2, 0.25) is 0 Å². The van der Waals surface area contributed by atoms with Gasteiger partial charge in [-0.1, -0.05) is 19.8 Å². The Balaban J connectivity index is 2.81. The van der Waals surface area contributed by atoms with Crippen LogP contribution in [0.4, 0.5) is 5.69 Å². The first-order valence-electron chi connectivity index (χ1n) is 7.96. The molecule has 0 aliphatic rings. The van der Waals surface area contributed by atoms with E-state index in [1.165, 1.54) is 0 Å². The van der Waals surface area contributed by atoms with Crippen molar-refractivity contribution in [1.82, 2.24) is 0 Å². The summed E-state index contributed by atoms with van der Waals surface area (Å²) in [4.78, 5) is 12.5. The second kappa shape index (κ2) is 8.18. The van der Waals surface area contributed by atoms with E-state index in [1.807, 2.05) is 45.9 Å². The van der Waals surface area contributed by atoms with Gasteiger partial charge in [-0.05, 0) is 57.9 Å². The van der Waals surface area contributed by atoms with Gasteiger partial charge in [0.15, 0.2) is 0 Å². The number of rotatable bonds is 8. The Labute approximate surface area is 134 Å². The smallest absolute Gasteiger partial charge is 0.256 e. The molecule has 0 aromatic heterocycles. The van der Waals surface area contributed by atoms with Crippen molar-refractivity contribution >= 4 is 11.6 Å². The van der Waals surface area contributed by atoms with Crippen molar-refractivity contribution in [3.63, 3.8) is 0 Å². The van der Waals surface area contributed by atoms with Crippen LogP contribution in [-0.4, -0.2) is 24.7 Å². The Morgan fingerprint density at radius 3 is 2.55 bits per heavy atom. The van der Waals surface area contributed by atoms with Crippen LogP contribution >= 0.6 is 0 Å². The minimum atomic E-state index is -0.795. The first kappa shape index (κ1) is 18.5. The van der Waals surface area contributed by atoms with Gasteiger partial charge in [-0.2, -0.15) is 0 Å². The summed E-state index contributed by atoms with van der Waals surface area (Å²) in [5.41, 5.74) is 0.967. The minimum absolute atomic E-state index is 0.111. The lowest BCUT2D eigenvalue weighted by Gasteiger charge is -2.27. The molecule has 0 saturated carbocycles. The summed E-state index contributed by atoms with van der Waals surface area (Å²) in [6, 6.07) is 5.67. The molecule has 1 amide bonds. The fourth-order valence-electron chi connectivity index (χ4n) is 2.20. The van der Waals surface area contributed by atoms with Gasteiger partial charge < -0.3 is 14.8 Å². The van der Waals surface area contributed by atoms with Crippen LogP contribution < -0.4 is 10.1 Å². The predicted octanol–water partition coefficient (Wildman–Crippen LogP) is 4.32. The molecule has 1 rings (SSSR count). The largest absolute Gasteiger partial charge is 0.491 e. The average Bonchev–Trinajstić information content (AvgIpc) is 2.47. The van der Waals surface area contributed by atoms with Gasteiger partial charge in [0.25, 0.3) is 5.91 Å². The summed E-state index contributed by atoms with van der Waals surface area (Å²) in [5.74, 6) is 0.730. The Kier molecular flexibility index (Phi) is 6.88. The highest BCUT2D eigenvalue weighted by Gasteiger charge is 2.32. The van der Waals surface area contributed by atoms with Crippen LogP contribution in [0.3, 0.4) is 0 Å². The van der Waals surface area contributed by atoms with Crippen molar-refractivity contribution in [3.05, 3.63) is 23.8 Å². The topological polar surface area (TPSA) is 47.6 Å². The number of benzene rings is 1. The lowest BCUT2D eigenvalue weighted by Crippen LogP contribution is -2.41. The number of hydrogen-bond acceptors (Lipinski definition) is 3. The molecule has 1 aromatic carbocycles.